The molecule has 0 aliphatic rings. The van der Waals surface area contributed by atoms with Crippen LogP contribution in [0.15, 0.2) is 44.0 Å². The Balaban J connectivity index is 1.88. The molecule has 0 saturated carbocycles. The molecule has 2 aromatic heterocycles. The molecule has 2 aromatic rings. The van der Waals surface area contributed by atoms with E-state index in [2.05, 4.69) is 35.1 Å². The van der Waals surface area contributed by atoms with Gasteiger partial charge in [-0.2, -0.15) is 0 Å². The molecule has 2 rings (SSSR count). The van der Waals surface area contributed by atoms with E-state index in [1.165, 1.54) is 0 Å². The first-order valence-corrected chi connectivity index (χ1v) is 6.48. The Bertz CT molecular complexity index is 450. The minimum atomic E-state index is 0.186. The molecule has 1 N–H and O–H groups in total. The van der Waals surface area contributed by atoms with Gasteiger partial charge in [0.1, 0.15) is 11.5 Å². The van der Waals surface area contributed by atoms with Crippen LogP contribution < -0.4 is 5.32 Å². The minimum absolute atomic E-state index is 0.186. The van der Waals surface area contributed by atoms with Gasteiger partial charge < -0.3 is 14.2 Å². The van der Waals surface area contributed by atoms with Gasteiger partial charge in [-0.1, -0.05) is 0 Å². The van der Waals surface area contributed by atoms with Crippen LogP contribution in [-0.2, 0) is 6.42 Å². The van der Waals surface area contributed by atoms with Crippen LogP contribution >= 0.6 is 15.9 Å². The zero-order valence-electron chi connectivity index (χ0n) is 9.94. The fraction of sp³-hybridized carbons (Fsp3) is 0.385. The molecule has 2 atom stereocenters. The highest BCUT2D eigenvalue weighted by molar-refractivity contribution is 9.10. The van der Waals surface area contributed by atoms with Crippen LogP contribution in [0, 0.1) is 0 Å². The Morgan fingerprint density at radius 1 is 1.29 bits per heavy atom. The highest BCUT2D eigenvalue weighted by Crippen LogP contribution is 2.20. The van der Waals surface area contributed by atoms with Crippen molar-refractivity contribution < 1.29 is 8.83 Å². The van der Waals surface area contributed by atoms with E-state index in [0.717, 1.165) is 22.6 Å². The summed E-state index contributed by atoms with van der Waals surface area (Å²) >= 11 is 3.31. The van der Waals surface area contributed by atoms with Crippen molar-refractivity contribution in [3.05, 3.63) is 46.7 Å². The fourth-order valence-electron chi connectivity index (χ4n) is 1.86. The maximum atomic E-state index is 5.51. The molecule has 17 heavy (non-hydrogen) atoms. The van der Waals surface area contributed by atoms with Crippen LogP contribution in [0.4, 0.5) is 0 Å². The lowest BCUT2D eigenvalue weighted by atomic mass is 10.1. The van der Waals surface area contributed by atoms with Crippen LogP contribution in [0.3, 0.4) is 0 Å². The molecule has 0 aliphatic heterocycles. The maximum Gasteiger partial charge on any atom is 0.169 e. The highest BCUT2D eigenvalue weighted by Gasteiger charge is 2.13. The second-order valence-electron chi connectivity index (χ2n) is 4.21. The third kappa shape index (κ3) is 3.48. The number of hydrogen-bond acceptors (Lipinski definition) is 3. The normalized spacial score (nSPS) is 14.8. The van der Waals surface area contributed by atoms with Gasteiger partial charge in [0.2, 0.25) is 0 Å². The average molecular weight is 298 g/mol. The van der Waals surface area contributed by atoms with Gasteiger partial charge in [0.05, 0.1) is 12.3 Å². The summed E-state index contributed by atoms with van der Waals surface area (Å²) in [6.07, 6.45) is 2.58. The number of furan rings is 2. The molecule has 92 valence electrons. The highest BCUT2D eigenvalue weighted by atomic mass is 79.9. The van der Waals surface area contributed by atoms with E-state index >= 15 is 0 Å². The summed E-state index contributed by atoms with van der Waals surface area (Å²) in [6.45, 7) is 4.22. The molecule has 0 fully saturated rings. The zero-order chi connectivity index (χ0) is 12.3. The lowest BCUT2D eigenvalue weighted by molar-refractivity contribution is 0.376. The Hall–Kier alpha value is -1.000. The molecule has 0 spiro atoms. The number of hydrogen-bond donors (Lipinski definition) is 1. The van der Waals surface area contributed by atoms with Gasteiger partial charge in [-0.3, -0.25) is 0 Å². The van der Waals surface area contributed by atoms with Crippen molar-refractivity contribution in [1.29, 1.82) is 0 Å². The van der Waals surface area contributed by atoms with E-state index in [1.54, 1.807) is 6.26 Å². The van der Waals surface area contributed by atoms with Crippen LogP contribution in [-0.4, -0.2) is 6.04 Å². The molecule has 4 heteroatoms. The Morgan fingerprint density at radius 3 is 2.71 bits per heavy atom. The molecule has 0 amide bonds. The lowest BCUT2D eigenvalue weighted by Gasteiger charge is -2.17. The zero-order valence-corrected chi connectivity index (χ0v) is 11.5. The van der Waals surface area contributed by atoms with Gasteiger partial charge in [0.15, 0.2) is 4.67 Å². The van der Waals surface area contributed by atoms with Crippen molar-refractivity contribution in [2.45, 2.75) is 32.4 Å². The van der Waals surface area contributed by atoms with Gasteiger partial charge in [0.25, 0.3) is 0 Å². The van der Waals surface area contributed by atoms with Crippen molar-refractivity contribution in [2.75, 3.05) is 0 Å². The summed E-state index contributed by atoms with van der Waals surface area (Å²) in [5.41, 5.74) is 0. The predicted molar refractivity (Wildman–Crippen MR) is 69.8 cm³/mol. The third-order valence-corrected chi connectivity index (χ3v) is 3.07. The van der Waals surface area contributed by atoms with Crippen LogP contribution in [0.25, 0.3) is 0 Å². The average Bonchev–Trinajstić information content (AvgIpc) is 2.89. The molecule has 3 nitrogen and oxygen atoms in total. The van der Waals surface area contributed by atoms with Crippen molar-refractivity contribution >= 4 is 15.9 Å². The molecule has 0 aliphatic carbocycles. The summed E-state index contributed by atoms with van der Waals surface area (Å²) in [6, 6.07) is 8.30. The minimum Gasteiger partial charge on any atom is -0.469 e. The second kappa shape index (κ2) is 5.56. The van der Waals surface area contributed by atoms with E-state index < -0.39 is 0 Å². The van der Waals surface area contributed by atoms with Crippen molar-refractivity contribution in [1.82, 2.24) is 5.32 Å². The molecule has 2 heterocycles. The van der Waals surface area contributed by atoms with Gasteiger partial charge in [-0.25, -0.2) is 0 Å². The SMILES string of the molecule is CC(Cc1ccco1)NC(C)c1ccc(Br)o1. The molecule has 0 saturated heterocycles. The van der Waals surface area contributed by atoms with Gasteiger partial charge >= 0.3 is 0 Å². The summed E-state index contributed by atoms with van der Waals surface area (Å²) in [5.74, 6) is 1.93. The molecular formula is C13H16BrNO2. The van der Waals surface area contributed by atoms with Crippen molar-refractivity contribution in [3.63, 3.8) is 0 Å². The van der Waals surface area contributed by atoms with Crippen LogP contribution in [0.2, 0.25) is 0 Å². The van der Waals surface area contributed by atoms with Crippen molar-refractivity contribution in [3.8, 4) is 0 Å². The van der Waals surface area contributed by atoms with E-state index in [9.17, 15) is 0 Å². The van der Waals surface area contributed by atoms with E-state index in [0.29, 0.717) is 6.04 Å². The van der Waals surface area contributed by atoms with Gasteiger partial charge in [-0.05, 0) is 54.0 Å². The van der Waals surface area contributed by atoms with E-state index in [1.807, 2.05) is 24.3 Å². The predicted octanol–water partition coefficient (Wildman–Crippen LogP) is 3.92. The van der Waals surface area contributed by atoms with E-state index in [4.69, 9.17) is 8.83 Å². The standard InChI is InChI=1S/C13H16BrNO2/c1-9(8-11-4-3-7-16-11)15-10(2)12-5-6-13(14)17-12/h3-7,9-10,15H,8H2,1-2H3. The van der Waals surface area contributed by atoms with Gasteiger partial charge in [0, 0.05) is 12.5 Å². The lowest BCUT2D eigenvalue weighted by Crippen LogP contribution is -2.30. The van der Waals surface area contributed by atoms with Gasteiger partial charge in [-0.15, -0.1) is 0 Å². The Morgan fingerprint density at radius 2 is 2.12 bits per heavy atom. The summed E-state index contributed by atoms with van der Waals surface area (Å²) < 4.78 is 11.6. The van der Waals surface area contributed by atoms with Crippen LogP contribution in [0.5, 0.6) is 0 Å². The smallest absolute Gasteiger partial charge is 0.169 e. The summed E-state index contributed by atoms with van der Waals surface area (Å²) in [5, 5.41) is 3.47. The first kappa shape index (κ1) is 12.5. The molecule has 2 unspecified atom stereocenters. The molecular weight excluding hydrogens is 282 g/mol. The Labute approximate surface area is 109 Å². The first-order chi connectivity index (χ1) is 8.15. The number of nitrogens with one attached hydrogen (secondary N) is 1. The Kier molecular flexibility index (Phi) is 4.07. The number of rotatable bonds is 5. The molecule has 0 radical (unpaired) electrons. The molecule has 0 aromatic carbocycles. The molecule has 0 bridgehead atoms. The first-order valence-electron chi connectivity index (χ1n) is 5.69. The summed E-state index contributed by atoms with van der Waals surface area (Å²) in [7, 11) is 0. The second-order valence-corrected chi connectivity index (χ2v) is 5.00. The quantitative estimate of drug-likeness (QED) is 0.909. The largest absolute Gasteiger partial charge is 0.469 e. The van der Waals surface area contributed by atoms with Crippen LogP contribution in [0.1, 0.15) is 31.4 Å². The van der Waals surface area contributed by atoms with E-state index in [-0.39, 0.29) is 6.04 Å². The maximum absolute atomic E-state index is 5.51. The fourth-order valence-corrected chi connectivity index (χ4v) is 2.18. The number of halogens is 1. The topological polar surface area (TPSA) is 38.3 Å². The third-order valence-electron chi connectivity index (χ3n) is 2.64. The summed E-state index contributed by atoms with van der Waals surface area (Å²) in [4.78, 5) is 0. The van der Waals surface area contributed by atoms with Crippen molar-refractivity contribution in [2.24, 2.45) is 0 Å². The monoisotopic (exact) mass is 297 g/mol.